The molecule has 2 aromatic heterocycles. The number of ether oxygens (including phenoxy) is 2. The maximum atomic E-state index is 12.8. The van der Waals surface area contributed by atoms with Crippen LogP contribution in [0.2, 0.25) is 0 Å². The fourth-order valence-corrected chi connectivity index (χ4v) is 3.63. The van der Waals surface area contributed by atoms with Gasteiger partial charge in [0.15, 0.2) is 0 Å². The molecule has 29 heavy (non-hydrogen) atoms. The zero-order valence-corrected chi connectivity index (χ0v) is 16.4. The maximum absolute atomic E-state index is 12.8. The van der Waals surface area contributed by atoms with E-state index in [1.54, 1.807) is 27.2 Å². The Kier molecular flexibility index (Phi) is 4.75. The highest BCUT2D eigenvalue weighted by molar-refractivity contribution is 5.98. The normalized spacial score (nSPS) is 15.4. The lowest BCUT2D eigenvalue weighted by Gasteiger charge is -2.28. The van der Waals surface area contributed by atoms with Gasteiger partial charge in [-0.15, -0.1) is 0 Å². The highest BCUT2D eigenvalue weighted by atomic mass is 16.5. The average Bonchev–Trinajstić information content (AvgIpc) is 2.72. The molecule has 3 N–H and O–H groups in total. The van der Waals surface area contributed by atoms with Gasteiger partial charge in [0.25, 0.3) is 5.91 Å². The van der Waals surface area contributed by atoms with Crippen molar-refractivity contribution in [1.29, 1.82) is 0 Å². The minimum Gasteiger partial charge on any atom is -0.497 e. The summed E-state index contributed by atoms with van der Waals surface area (Å²) in [4.78, 5) is 25.7. The van der Waals surface area contributed by atoms with Gasteiger partial charge in [-0.3, -0.25) is 4.79 Å². The predicted molar refractivity (Wildman–Crippen MR) is 108 cm³/mol. The zero-order chi connectivity index (χ0) is 20.5. The number of pyridine rings is 1. The van der Waals surface area contributed by atoms with Gasteiger partial charge in [0, 0.05) is 18.1 Å². The molecule has 1 aliphatic heterocycles. The van der Waals surface area contributed by atoms with Crippen LogP contribution in [0.3, 0.4) is 0 Å². The Morgan fingerprint density at radius 2 is 1.93 bits per heavy atom. The molecule has 1 atom stereocenters. The molecule has 8 heteroatoms. The fourth-order valence-electron chi connectivity index (χ4n) is 3.63. The predicted octanol–water partition coefficient (Wildman–Crippen LogP) is 2.47. The molecule has 1 aliphatic rings. The smallest absolute Gasteiger partial charge is 0.255 e. The van der Waals surface area contributed by atoms with Crippen molar-refractivity contribution in [2.45, 2.75) is 19.4 Å². The Bertz CT molecular complexity index is 1100. The number of nitrogen functional groups attached to an aromatic ring is 1. The van der Waals surface area contributed by atoms with E-state index >= 15 is 0 Å². The molecule has 1 aromatic carbocycles. The number of aromatic nitrogens is 3. The number of methoxy groups -OCH3 is 2. The molecule has 3 aromatic rings. The number of rotatable bonds is 4. The second-order valence-corrected chi connectivity index (χ2v) is 6.74. The Morgan fingerprint density at radius 3 is 2.69 bits per heavy atom. The number of carbonyl (C=O) groups excluding carboxylic acids is 1. The molecule has 1 unspecified atom stereocenters. The van der Waals surface area contributed by atoms with E-state index in [4.69, 9.17) is 15.2 Å². The van der Waals surface area contributed by atoms with Gasteiger partial charge < -0.3 is 20.5 Å². The topological polar surface area (TPSA) is 112 Å². The van der Waals surface area contributed by atoms with Crippen LogP contribution < -0.4 is 20.5 Å². The van der Waals surface area contributed by atoms with Crippen LogP contribution in [0.25, 0.3) is 11.3 Å². The number of carbonyl (C=O) groups is 1. The van der Waals surface area contributed by atoms with E-state index in [0.717, 1.165) is 16.8 Å². The molecule has 148 valence electrons. The standard InChI is InChI=1S/C21H21N5O3/c1-11-19-17(26-21(22)23-11)10-16(25-20(19)27)13-8-7-12(28-2)9-14(13)15-5-4-6-18(24-15)29-3/h4-9,16H,10H2,1-3H3,(H,25,27)(H2,22,23,26). The van der Waals surface area contributed by atoms with Crippen molar-refractivity contribution < 1.29 is 14.3 Å². The third-order valence-electron chi connectivity index (χ3n) is 4.96. The van der Waals surface area contributed by atoms with Crippen LogP contribution >= 0.6 is 0 Å². The molecule has 4 rings (SSSR count). The number of aryl methyl sites for hydroxylation is 1. The fraction of sp³-hybridized carbons (Fsp3) is 0.238. The molecule has 0 saturated heterocycles. The minimum absolute atomic E-state index is 0.166. The summed E-state index contributed by atoms with van der Waals surface area (Å²) in [5, 5.41) is 3.07. The number of nitrogens with one attached hydrogen (secondary N) is 1. The van der Waals surface area contributed by atoms with Crippen molar-refractivity contribution in [2.75, 3.05) is 20.0 Å². The Labute approximate surface area is 168 Å². The molecular formula is C21H21N5O3. The monoisotopic (exact) mass is 391 g/mol. The molecule has 0 spiro atoms. The third-order valence-corrected chi connectivity index (χ3v) is 4.96. The number of anilines is 1. The molecule has 3 heterocycles. The largest absolute Gasteiger partial charge is 0.497 e. The van der Waals surface area contributed by atoms with Gasteiger partial charge in [-0.25, -0.2) is 15.0 Å². The lowest BCUT2D eigenvalue weighted by molar-refractivity contribution is 0.0922. The van der Waals surface area contributed by atoms with Crippen molar-refractivity contribution in [3.8, 4) is 22.9 Å². The summed E-state index contributed by atoms with van der Waals surface area (Å²) in [7, 11) is 3.18. The number of amides is 1. The number of nitrogens with two attached hydrogens (primary N) is 1. The van der Waals surface area contributed by atoms with Crippen LogP contribution in [-0.4, -0.2) is 35.1 Å². The molecule has 0 bridgehead atoms. The van der Waals surface area contributed by atoms with Crippen LogP contribution in [-0.2, 0) is 6.42 Å². The van der Waals surface area contributed by atoms with Crippen LogP contribution in [0, 0.1) is 6.92 Å². The van der Waals surface area contributed by atoms with Crippen LogP contribution in [0.1, 0.15) is 33.4 Å². The summed E-state index contributed by atoms with van der Waals surface area (Å²) in [6.07, 6.45) is 0.498. The number of hydrogen-bond acceptors (Lipinski definition) is 7. The van der Waals surface area contributed by atoms with E-state index in [9.17, 15) is 4.79 Å². The molecule has 8 nitrogen and oxygen atoms in total. The quantitative estimate of drug-likeness (QED) is 0.702. The first-order valence-electron chi connectivity index (χ1n) is 9.13. The van der Waals surface area contributed by atoms with Crippen molar-refractivity contribution in [3.63, 3.8) is 0 Å². The van der Waals surface area contributed by atoms with E-state index in [2.05, 4.69) is 20.3 Å². The van der Waals surface area contributed by atoms with Crippen molar-refractivity contribution in [3.05, 3.63) is 58.9 Å². The highest BCUT2D eigenvalue weighted by Crippen LogP contribution is 2.35. The second-order valence-electron chi connectivity index (χ2n) is 6.74. The summed E-state index contributed by atoms with van der Waals surface area (Å²) < 4.78 is 10.7. The lowest BCUT2D eigenvalue weighted by Crippen LogP contribution is -2.37. The molecule has 0 radical (unpaired) electrons. The maximum Gasteiger partial charge on any atom is 0.255 e. The number of hydrogen-bond donors (Lipinski definition) is 2. The zero-order valence-electron chi connectivity index (χ0n) is 16.4. The van der Waals surface area contributed by atoms with E-state index in [0.29, 0.717) is 35.0 Å². The van der Waals surface area contributed by atoms with Crippen LogP contribution in [0.5, 0.6) is 11.6 Å². The first kappa shape index (κ1) is 18.7. The minimum atomic E-state index is -0.294. The number of nitrogens with zero attached hydrogens (tertiary/aromatic N) is 3. The third kappa shape index (κ3) is 3.44. The summed E-state index contributed by atoms with van der Waals surface area (Å²) >= 11 is 0. The van der Waals surface area contributed by atoms with E-state index in [1.165, 1.54) is 0 Å². The highest BCUT2D eigenvalue weighted by Gasteiger charge is 2.30. The van der Waals surface area contributed by atoms with Gasteiger partial charge in [-0.2, -0.15) is 0 Å². The van der Waals surface area contributed by atoms with Crippen LogP contribution in [0.4, 0.5) is 5.95 Å². The van der Waals surface area contributed by atoms with Gasteiger partial charge in [0.2, 0.25) is 11.8 Å². The molecule has 0 fully saturated rings. The Hall–Kier alpha value is -3.68. The van der Waals surface area contributed by atoms with Crippen molar-refractivity contribution in [1.82, 2.24) is 20.3 Å². The van der Waals surface area contributed by atoms with Crippen molar-refractivity contribution >= 4 is 11.9 Å². The average molecular weight is 391 g/mol. The Balaban J connectivity index is 1.82. The summed E-state index contributed by atoms with van der Waals surface area (Å²) in [6.45, 7) is 1.76. The van der Waals surface area contributed by atoms with Gasteiger partial charge >= 0.3 is 0 Å². The van der Waals surface area contributed by atoms with E-state index < -0.39 is 0 Å². The number of fused-ring (bicyclic) bond motifs is 1. The van der Waals surface area contributed by atoms with E-state index in [1.807, 2.05) is 30.3 Å². The summed E-state index contributed by atoms with van der Waals surface area (Å²) in [5.41, 5.74) is 9.98. The first-order valence-corrected chi connectivity index (χ1v) is 9.13. The lowest BCUT2D eigenvalue weighted by atomic mass is 9.90. The molecule has 1 amide bonds. The van der Waals surface area contributed by atoms with Gasteiger partial charge in [0.1, 0.15) is 5.75 Å². The first-order chi connectivity index (χ1) is 14.0. The Morgan fingerprint density at radius 1 is 1.10 bits per heavy atom. The second kappa shape index (κ2) is 7.38. The van der Waals surface area contributed by atoms with Gasteiger partial charge in [-0.05, 0) is 30.7 Å². The van der Waals surface area contributed by atoms with Gasteiger partial charge in [-0.1, -0.05) is 12.1 Å². The van der Waals surface area contributed by atoms with Crippen LogP contribution in [0.15, 0.2) is 36.4 Å². The van der Waals surface area contributed by atoms with Crippen molar-refractivity contribution in [2.24, 2.45) is 0 Å². The molecular weight excluding hydrogens is 370 g/mol. The summed E-state index contributed by atoms with van der Waals surface area (Å²) in [5.74, 6) is 1.15. The summed E-state index contributed by atoms with van der Waals surface area (Å²) in [6, 6.07) is 10.9. The number of benzene rings is 1. The van der Waals surface area contributed by atoms with E-state index in [-0.39, 0.29) is 17.9 Å². The SMILES string of the molecule is COc1ccc(C2Cc3nc(N)nc(C)c3C(=O)N2)c(-c2cccc(OC)n2)c1. The molecule has 0 saturated carbocycles. The van der Waals surface area contributed by atoms with Gasteiger partial charge in [0.05, 0.1) is 42.9 Å². The molecule has 0 aliphatic carbocycles.